The van der Waals surface area contributed by atoms with Gasteiger partial charge in [-0.3, -0.25) is 0 Å². The lowest BCUT2D eigenvalue weighted by molar-refractivity contribution is 0.408. The van der Waals surface area contributed by atoms with Crippen LogP contribution in [-0.2, 0) is 16.6 Å². The number of rotatable bonds is 5. The van der Waals surface area contributed by atoms with Gasteiger partial charge in [0.2, 0.25) is 10.0 Å². The molecule has 118 valence electrons. The summed E-state index contributed by atoms with van der Waals surface area (Å²) >= 11 is 6.24. The number of hydrogen-bond donors (Lipinski definition) is 1. The predicted molar refractivity (Wildman–Crippen MR) is 86.0 cm³/mol. The molecule has 1 saturated heterocycles. The van der Waals surface area contributed by atoms with Gasteiger partial charge in [-0.15, -0.1) is 0 Å². The molecule has 1 heterocycles. The van der Waals surface area contributed by atoms with Gasteiger partial charge in [0.05, 0.1) is 4.90 Å². The molecule has 0 bridgehead atoms. The van der Waals surface area contributed by atoms with Crippen molar-refractivity contribution in [2.45, 2.75) is 57.1 Å². The number of hydrogen-bond acceptors (Lipinski definition) is 3. The van der Waals surface area contributed by atoms with Crippen LogP contribution in [0.2, 0.25) is 5.02 Å². The molecule has 0 amide bonds. The molecule has 0 aliphatic carbocycles. The molecule has 1 unspecified atom stereocenters. The number of nitrogens with one attached hydrogen (secondary N) is 1. The summed E-state index contributed by atoms with van der Waals surface area (Å²) in [4.78, 5) is 0.287. The van der Waals surface area contributed by atoms with Gasteiger partial charge in [0.15, 0.2) is 0 Å². The van der Waals surface area contributed by atoms with Crippen LogP contribution in [0.15, 0.2) is 23.1 Å². The SMILES string of the molecule is CC(C)NCc1ccc(S(=O)(=O)N2CCCC2C)cc1Cl. The Kier molecular flexibility index (Phi) is 5.30. The smallest absolute Gasteiger partial charge is 0.243 e. The summed E-state index contributed by atoms with van der Waals surface area (Å²) in [7, 11) is -3.43. The third kappa shape index (κ3) is 3.77. The highest BCUT2D eigenvalue weighted by atomic mass is 35.5. The third-order valence-electron chi connectivity index (χ3n) is 3.82. The van der Waals surface area contributed by atoms with Crippen molar-refractivity contribution in [3.05, 3.63) is 28.8 Å². The number of halogens is 1. The van der Waals surface area contributed by atoms with E-state index < -0.39 is 10.0 Å². The van der Waals surface area contributed by atoms with Crippen molar-refractivity contribution in [1.82, 2.24) is 9.62 Å². The van der Waals surface area contributed by atoms with Crippen LogP contribution in [0.4, 0.5) is 0 Å². The zero-order valence-electron chi connectivity index (χ0n) is 12.8. The topological polar surface area (TPSA) is 49.4 Å². The standard InChI is InChI=1S/C15H23ClN2O2S/c1-11(2)17-10-13-6-7-14(9-15(13)16)21(19,20)18-8-4-5-12(18)3/h6-7,9,11-12,17H,4-5,8,10H2,1-3H3. The highest BCUT2D eigenvalue weighted by molar-refractivity contribution is 7.89. The van der Waals surface area contributed by atoms with Gasteiger partial charge in [0.1, 0.15) is 0 Å². The van der Waals surface area contributed by atoms with E-state index in [0.717, 1.165) is 18.4 Å². The van der Waals surface area contributed by atoms with Gasteiger partial charge in [-0.25, -0.2) is 8.42 Å². The van der Waals surface area contributed by atoms with Crippen molar-refractivity contribution in [1.29, 1.82) is 0 Å². The Hall–Kier alpha value is -0.620. The van der Waals surface area contributed by atoms with Gasteiger partial charge >= 0.3 is 0 Å². The van der Waals surface area contributed by atoms with E-state index in [-0.39, 0.29) is 10.9 Å². The van der Waals surface area contributed by atoms with Gasteiger partial charge in [-0.2, -0.15) is 4.31 Å². The van der Waals surface area contributed by atoms with Crippen molar-refractivity contribution < 1.29 is 8.42 Å². The van der Waals surface area contributed by atoms with Crippen molar-refractivity contribution in [2.24, 2.45) is 0 Å². The molecule has 4 nitrogen and oxygen atoms in total. The first-order chi connectivity index (χ1) is 9.82. The van der Waals surface area contributed by atoms with Crippen LogP contribution in [0.5, 0.6) is 0 Å². The maximum Gasteiger partial charge on any atom is 0.243 e. The maximum absolute atomic E-state index is 12.6. The molecule has 0 aromatic heterocycles. The summed E-state index contributed by atoms with van der Waals surface area (Å²) in [5, 5.41) is 3.78. The highest BCUT2D eigenvalue weighted by Crippen LogP contribution is 2.28. The van der Waals surface area contributed by atoms with Crippen LogP contribution in [0, 0.1) is 0 Å². The van der Waals surface area contributed by atoms with Crippen LogP contribution >= 0.6 is 11.6 Å². The first kappa shape index (κ1) is 16.7. The zero-order chi connectivity index (χ0) is 15.6. The lowest BCUT2D eigenvalue weighted by Crippen LogP contribution is -2.33. The summed E-state index contributed by atoms with van der Waals surface area (Å²) in [5.74, 6) is 0. The fourth-order valence-corrected chi connectivity index (χ4v) is 4.58. The lowest BCUT2D eigenvalue weighted by Gasteiger charge is -2.21. The van der Waals surface area contributed by atoms with E-state index in [0.29, 0.717) is 24.2 Å². The molecule has 1 aromatic rings. The summed E-state index contributed by atoms with van der Waals surface area (Å²) in [5.41, 5.74) is 0.916. The van der Waals surface area contributed by atoms with Crippen LogP contribution in [-0.4, -0.2) is 31.4 Å². The number of benzene rings is 1. The monoisotopic (exact) mass is 330 g/mol. The molecule has 1 aliphatic rings. The summed E-state index contributed by atoms with van der Waals surface area (Å²) < 4.78 is 26.8. The molecule has 0 spiro atoms. The predicted octanol–water partition coefficient (Wildman–Crippen LogP) is 3.01. The second-order valence-corrected chi connectivity index (χ2v) is 8.19. The van der Waals surface area contributed by atoms with E-state index in [1.165, 1.54) is 0 Å². The van der Waals surface area contributed by atoms with E-state index in [4.69, 9.17) is 11.6 Å². The quantitative estimate of drug-likeness (QED) is 0.902. The minimum Gasteiger partial charge on any atom is -0.310 e. The van der Waals surface area contributed by atoms with Crippen molar-refractivity contribution in [3.8, 4) is 0 Å². The Labute approximate surface area is 132 Å². The second kappa shape index (κ2) is 6.65. The summed E-state index contributed by atoms with van der Waals surface area (Å²) in [6, 6.07) is 5.44. The Bertz CT molecular complexity index is 602. The van der Waals surface area contributed by atoms with E-state index >= 15 is 0 Å². The summed E-state index contributed by atoms with van der Waals surface area (Å²) in [6.45, 7) is 7.30. The van der Waals surface area contributed by atoms with E-state index in [2.05, 4.69) is 19.2 Å². The fraction of sp³-hybridized carbons (Fsp3) is 0.600. The third-order valence-corrected chi connectivity index (χ3v) is 6.19. The minimum absolute atomic E-state index is 0.0658. The summed E-state index contributed by atoms with van der Waals surface area (Å²) in [6.07, 6.45) is 1.84. The fourth-order valence-electron chi connectivity index (χ4n) is 2.55. The van der Waals surface area contributed by atoms with Gasteiger partial charge in [0, 0.05) is 30.2 Å². The van der Waals surface area contributed by atoms with Crippen molar-refractivity contribution >= 4 is 21.6 Å². The molecular formula is C15H23ClN2O2S. The van der Waals surface area contributed by atoms with Gasteiger partial charge in [-0.1, -0.05) is 31.5 Å². The first-order valence-electron chi connectivity index (χ1n) is 7.36. The Balaban J connectivity index is 2.23. The Morgan fingerprint density at radius 3 is 2.67 bits per heavy atom. The maximum atomic E-state index is 12.6. The van der Waals surface area contributed by atoms with Crippen molar-refractivity contribution in [3.63, 3.8) is 0 Å². The van der Waals surface area contributed by atoms with E-state index in [9.17, 15) is 8.42 Å². The van der Waals surface area contributed by atoms with E-state index in [1.54, 1.807) is 22.5 Å². The molecule has 0 radical (unpaired) electrons. The normalized spacial score (nSPS) is 20.3. The molecule has 1 fully saturated rings. The molecule has 1 aliphatic heterocycles. The molecule has 1 aromatic carbocycles. The average molecular weight is 331 g/mol. The zero-order valence-corrected chi connectivity index (χ0v) is 14.3. The van der Waals surface area contributed by atoms with Gasteiger partial charge in [0.25, 0.3) is 0 Å². The van der Waals surface area contributed by atoms with Gasteiger partial charge < -0.3 is 5.32 Å². The highest BCUT2D eigenvalue weighted by Gasteiger charge is 2.32. The molecule has 2 rings (SSSR count). The Morgan fingerprint density at radius 1 is 1.43 bits per heavy atom. The molecule has 1 N–H and O–H groups in total. The average Bonchev–Trinajstić information content (AvgIpc) is 2.84. The number of nitrogens with zero attached hydrogens (tertiary/aromatic N) is 1. The van der Waals surface area contributed by atoms with Crippen molar-refractivity contribution in [2.75, 3.05) is 6.54 Å². The van der Waals surface area contributed by atoms with E-state index in [1.807, 2.05) is 6.92 Å². The molecule has 0 saturated carbocycles. The van der Waals surface area contributed by atoms with Gasteiger partial charge in [-0.05, 0) is 37.5 Å². The minimum atomic E-state index is -3.43. The van der Waals surface area contributed by atoms with Crippen LogP contribution in [0.1, 0.15) is 39.2 Å². The van der Waals surface area contributed by atoms with Crippen LogP contribution in [0.25, 0.3) is 0 Å². The molecule has 6 heteroatoms. The largest absolute Gasteiger partial charge is 0.310 e. The first-order valence-corrected chi connectivity index (χ1v) is 9.18. The van der Waals surface area contributed by atoms with Crippen LogP contribution < -0.4 is 5.32 Å². The Morgan fingerprint density at radius 2 is 2.14 bits per heavy atom. The molecule has 21 heavy (non-hydrogen) atoms. The number of sulfonamides is 1. The molecule has 1 atom stereocenters. The second-order valence-electron chi connectivity index (χ2n) is 5.90. The lowest BCUT2D eigenvalue weighted by atomic mass is 10.2. The molecular weight excluding hydrogens is 308 g/mol. The van der Waals surface area contributed by atoms with Crippen LogP contribution in [0.3, 0.4) is 0 Å².